The van der Waals surface area contributed by atoms with E-state index in [0.717, 1.165) is 12.0 Å². The molecule has 7 heteroatoms. The van der Waals surface area contributed by atoms with E-state index < -0.39 is 24.1 Å². The lowest BCUT2D eigenvalue weighted by Crippen LogP contribution is -2.65. The lowest BCUT2D eigenvalue weighted by Gasteiger charge is -2.64. The van der Waals surface area contributed by atoms with E-state index in [2.05, 4.69) is 20.8 Å². The summed E-state index contributed by atoms with van der Waals surface area (Å²) in [6.45, 7) is 12.9. The quantitative estimate of drug-likeness (QED) is 0.279. The van der Waals surface area contributed by atoms with Gasteiger partial charge in [0.2, 0.25) is 0 Å². The second kappa shape index (κ2) is 9.18. The van der Waals surface area contributed by atoms with Crippen LogP contribution in [0.2, 0.25) is 0 Å². The van der Waals surface area contributed by atoms with Crippen LogP contribution in [0.25, 0.3) is 0 Å². The van der Waals surface area contributed by atoms with Gasteiger partial charge in [0.15, 0.2) is 0 Å². The number of alkyl halides is 1. The van der Waals surface area contributed by atoms with Gasteiger partial charge in [-0.05, 0) is 69.8 Å². The van der Waals surface area contributed by atoms with Gasteiger partial charge >= 0.3 is 13.1 Å². The Morgan fingerprint density at radius 1 is 1.21 bits per heavy atom. The lowest BCUT2D eigenvalue weighted by molar-refractivity contribution is -0.199. The molecule has 5 nitrogen and oxygen atoms in total. The molecular weight excluding hydrogens is 439 g/mol. The molecule has 0 radical (unpaired) electrons. The molecule has 0 aromatic heterocycles. The van der Waals surface area contributed by atoms with Crippen LogP contribution in [0.15, 0.2) is 30.3 Å². The first-order valence-corrected chi connectivity index (χ1v) is 12.7. The molecule has 6 atom stereocenters. The molecule has 1 heterocycles. The van der Waals surface area contributed by atoms with Crippen molar-refractivity contribution in [2.75, 3.05) is 0 Å². The van der Waals surface area contributed by atoms with Crippen LogP contribution in [0.1, 0.15) is 72.8 Å². The first kappa shape index (κ1) is 25.0. The highest BCUT2D eigenvalue weighted by Gasteiger charge is 2.68. The standard InChI is InChI=1S/C26H38BClO5/c1-24(2,3)31-22(29)13-12-19(30-16-17-10-8-7-9-11-17)23(28)27-32-21-15-18-14-20(25(18,4)5)26(21,6)33-27/h7-11,18-21,23H,12-16H2,1-6H3/t18-,19+,20-,21-,23-,26+/m0/s1. The number of halogens is 1. The van der Waals surface area contributed by atoms with Crippen LogP contribution in [0.4, 0.5) is 0 Å². The van der Waals surface area contributed by atoms with Crippen molar-refractivity contribution in [3.63, 3.8) is 0 Å². The maximum atomic E-state index is 12.4. The number of ether oxygens (including phenoxy) is 2. The second-order valence-electron chi connectivity index (χ2n) is 11.7. The summed E-state index contributed by atoms with van der Waals surface area (Å²) >= 11 is 6.97. The fourth-order valence-electron chi connectivity index (χ4n) is 5.97. The van der Waals surface area contributed by atoms with E-state index >= 15 is 0 Å². The molecule has 4 fully saturated rings. The highest BCUT2D eigenvalue weighted by Crippen LogP contribution is 2.65. The summed E-state index contributed by atoms with van der Waals surface area (Å²) in [6, 6.07) is 9.97. The van der Waals surface area contributed by atoms with Gasteiger partial charge in [0.1, 0.15) is 5.60 Å². The third-order valence-electron chi connectivity index (χ3n) is 7.94. The lowest BCUT2D eigenvalue weighted by atomic mass is 9.43. The molecular formula is C26H38BClO5. The van der Waals surface area contributed by atoms with Gasteiger partial charge in [0.25, 0.3) is 0 Å². The van der Waals surface area contributed by atoms with Gasteiger partial charge < -0.3 is 18.8 Å². The van der Waals surface area contributed by atoms with Crippen LogP contribution < -0.4 is 0 Å². The molecule has 4 aliphatic rings. The Balaban J connectivity index is 1.43. The van der Waals surface area contributed by atoms with Crippen molar-refractivity contribution in [2.24, 2.45) is 17.3 Å². The fraction of sp³-hybridized carbons (Fsp3) is 0.731. The first-order valence-electron chi connectivity index (χ1n) is 12.2. The Kier molecular flexibility index (Phi) is 6.96. The normalized spacial score (nSPS) is 32.0. The summed E-state index contributed by atoms with van der Waals surface area (Å²) in [5.74, 6) is 0.887. The van der Waals surface area contributed by atoms with E-state index in [1.54, 1.807) is 0 Å². The van der Waals surface area contributed by atoms with E-state index in [9.17, 15) is 4.79 Å². The van der Waals surface area contributed by atoms with Crippen molar-refractivity contribution in [2.45, 2.75) is 103 Å². The van der Waals surface area contributed by atoms with Crippen LogP contribution >= 0.6 is 11.6 Å². The molecule has 0 N–H and O–H groups in total. The summed E-state index contributed by atoms with van der Waals surface area (Å²) in [4.78, 5) is 12.4. The van der Waals surface area contributed by atoms with Crippen LogP contribution in [0.3, 0.4) is 0 Å². The van der Waals surface area contributed by atoms with Crippen molar-refractivity contribution in [1.82, 2.24) is 0 Å². The highest BCUT2D eigenvalue weighted by atomic mass is 35.5. The van der Waals surface area contributed by atoms with Gasteiger partial charge in [-0.2, -0.15) is 0 Å². The second-order valence-corrected chi connectivity index (χ2v) is 12.2. The predicted molar refractivity (Wildman–Crippen MR) is 130 cm³/mol. The molecule has 0 unspecified atom stereocenters. The van der Waals surface area contributed by atoms with Crippen LogP contribution in [0, 0.1) is 17.3 Å². The molecule has 182 valence electrons. The maximum absolute atomic E-state index is 12.4. The molecule has 1 aromatic carbocycles. The number of rotatable bonds is 8. The Labute approximate surface area is 204 Å². The highest BCUT2D eigenvalue weighted by molar-refractivity contribution is 6.60. The van der Waals surface area contributed by atoms with Gasteiger partial charge in [-0.25, -0.2) is 0 Å². The van der Waals surface area contributed by atoms with Crippen molar-refractivity contribution >= 4 is 24.7 Å². The van der Waals surface area contributed by atoms with Crippen molar-refractivity contribution < 1.29 is 23.6 Å². The number of carbonyl (C=O) groups excluding carboxylic acids is 1. The molecule has 33 heavy (non-hydrogen) atoms. The zero-order chi connectivity index (χ0) is 24.0. The third-order valence-corrected chi connectivity index (χ3v) is 8.43. The number of benzene rings is 1. The van der Waals surface area contributed by atoms with Crippen molar-refractivity contribution in [3.8, 4) is 0 Å². The van der Waals surface area contributed by atoms with Gasteiger partial charge in [-0.1, -0.05) is 44.2 Å². The molecule has 0 amide bonds. The van der Waals surface area contributed by atoms with Gasteiger partial charge in [0.05, 0.1) is 29.7 Å². The van der Waals surface area contributed by atoms with Crippen molar-refractivity contribution in [3.05, 3.63) is 35.9 Å². The van der Waals surface area contributed by atoms with E-state index in [1.165, 1.54) is 6.42 Å². The van der Waals surface area contributed by atoms with Gasteiger partial charge in [-0.3, -0.25) is 4.79 Å². The average Bonchev–Trinajstić information content (AvgIpc) is 3.10. The topological polar surface area (TPSA) is 54.0 Å². The summed E-state index contributed by atoms with van der Waals surface area (Å²) in [7, 11) is -0.559. The van der Waals surface area contributed by atoms with Crippen LogP contribution in [-0.4, -0.2) is 41.8 Å². The summed E-state index contributed by atoms with van der Waals surface area (Å²) in [5, 5.41) is -0.529. The van der Waals surface area contributed by atoms with Crippen LogP contribution in [0.5, 0.6) is 0 Å². The zero-order valence-corrected chi connectivity index (χ0v) is 21.6. The summed E-state index contributed by atoms with van der Waals surface area (Å²) < 4.78 is 24.7. The average molecular weight is 477 g/mol. The number of hydrogen-bond acceptors (Lipinski definition) is 5. The van der Waals surface area contributed by atoms with E-state index in [-0.39, 0.29) is 29.5 Å². The monoisotopic (exact) mass is 476 g/mol. The SMILES string of the molecule is CC(C)(C)OC(=O)CC[C@@H](OCc1ccccc1)[C@H](Cl)B1O[C@H]2C[C@@H]3C[C@@H](C3(C)C)[C@@]2(C)O1. The number of carbonyl (C=O) groups is 1. The maximum Gasteiger partial charge on any atom is 0.479 e. The summed E-state index contributed by atoms with van der Waals surface area (Å²) in [5.41, 5.74) is 0.476. The Morgan fingerprint density at radius 2 is 1.91 bits per heavy atom. The van der Waals surface area contributed by atoms with Gasteiger partial charge in [0, 0.05) is 6.42 Å². The van der Waals surface area contributed by atoms with Crippen LogP contribution in [-0.2, 0) is 30.2 Å². The Hall–Kier alpha value is -1.08. The molecule has 3 aliphatic carbocycles. The molecule has 1 saturated heterocycles. The smallest absolute Gasteiger partial charge is 0.460 e. The minimum absolute atomic E-state index is 0.0566. The van der Waals surface area contributed by atoms with E-state index in [0.29, 0.717) is 24.9 Å². The first-order chi connectivity index (χ1) is 15.4. The molecule has 1 aliphatic heterocycles. The van der Waals surface area contributed by atoms with Gasteiger partial charge in [-0.15, -0.1) is 11.6 Å². The molecule has 1 aromatic rings. The largest absolute Gasteiger partial charge is 0.479 e. The molecule has 2 bridgehead atoms. The van der Waals surface area contributed by atoms with Crippen molar-refractivity contribution in [1.29, 1.82) is 0 Å². The minimum atomic E-state index is -0.559. The Bertz CT molecular complexity index is 841. The number of esters is 1. The molecule has 5 rings (SSSR count). The van der Waals surface area contributed by atoms with E-state index in [1.807, 2.05) is 51.1 Å². The summed E-state index contributed by atoms with van der Waals surface area (Å²) in [6.07, 6.45) is 2.52. The molecule has 0 spiro atoms. The Morgan fingerprint density at radius 3 is 2.55 bits per heavy atom. The minimum Gasteiger partial charge on any atom is -0.460 e. The third kappa shape index (κ3) is 5.14. The fourth-order valence-corrected chi connectivity index (χ4v) is 6.28. The number of hydrogen-bond donors (Lipinski definition) is 0. The zero-order valence-electron chi connectivity index (χ0n) is 20.8. The molecule has 3 saturated carbocycles. The predicted octanol–water partition coefficient (Wildman–Crippen LogP) is 5.57. The van der Waals surface area contributed by atoms with E-state index in [4.69, 9.17) is 30.4 Å².